The van der Waals surface area contributed by atoms with Crippen LogP contribution < -0.4 is 0 Å². The molecule has 1 nitrogen and oxygen atoms in total. The zero-order chi connectivity index (χ0) is 16.8. The van der Waals surface area contributed by atoms with Gasteiger partial charge in [0, 0.05) is 19.1 Å². The first-order valence-corrected chi connectivity index (χ1v) is 8.62. The summed E-state index contributed by atoms with van der Waals surface area (Å²) in [6.45, 7) is 8.05. The third-order valence-electron chi connectivity index (χ3n) is 5.46. The highest BCUT2D eigenvalue weighted by Crippen LogP contribution is 2.49. The normalized spacial score (nSPS) is 12.3. The van der Waals surface area contributed by atoms with Crippen LogP contribution >= 0.6 is 0 Å². The van der Waals surface area contributed by atoms with Crippen molar-refractivity contribution in [3.05, 3.63) is 71.8 Å². The van der Waals surface area contributed by atoms with Crippen molar-refractivity contribution in [3.8, 4) is 0 Å². The largest absolute Gasteiger partial charge is 0.385 e. The summed E-state index contributed by atoms with van der Waals surface area (Å²) < 4.78 is 5.21. The molecule has 23 heavy (non-hydrogen) atoms. The van der Waals surface area contributed by atoms with Gasteiger partial charge in [-0.3, -0.25) is 0 Å². The summed E-state index contributed by atoms with van der Waals surface area (Å²) in [4.78, 5) is 0. The van der Waals surface area contributed by atoms with Crippen LogP contribution in [0.15, 0.2) is 60.7 Å². The lowest BCUT2D eigenvalue weighted by atomic mass is 9.58. The average molecular weight is 310 g/mol. The molecule has 0 bridgehead atoms. The van der Waals surface area contributed by atoms with Crippen LogP contribution in [-0.4, -0.2) is 13.7 Å². The summed E-state index contributed by atoms with van der Waals surface area (Å²) in [5.41, 5.74) is 2.93. The first-order valence-electron chi connectivity index (χ1n) is 8.62. The first-order chi connectivity index (χ1) is 11.0. The number of methoxy groups -OCH3 is 1. The van der Waals surface area contributed by atoms with Crippen LogP contribution in [0.5, 0.6) is 0 Å². The number of rotatable bonds is 8. The van der Waals surface area contributed by atoms with E-state index in [0.29, 0.717) is 0 Å². The van der Waals surface area contributed by atoms with Crippen LogP contribution in [0.4, 0.5) is 0 Å². The van der Waals surface area contributed by atoms with E-state index in [9.17, 15) is 0 Å². The highest BCUT2D eigenvalue weighted by molar-refractivity contribution is 5.40. The summed E-state index contributed by atoms with van der Waals surface area (Å²) in [6.07, 6.45) is 3.49. The minimum absolute atomic E-state index is 0.0113. The number of hydrogen-bond donors (Lipinski definition) is 0. The fraction of sp³-hybridized carbons (Fsp3) is 0.455. The van der Waals surface area contributed by atoms with Gasteiger partial charge < -0.3 is 4.74 Å². The van der Waals surface area contributed by atoms with E-state index in [1.54, 1.807) is 7.11 Å². The van der Waals surface area contributed by atoms with Crippen molar-refractivity contribution in [2.45, 2.75) is 45.4 Å². The zero-order valence-electron chi connectivity index (χ0n) is 15.0. The lowest BCUT2D eigenvalue weighted by Crippen LogP contribution is -2.40. The average Bonchev–Trinajstić information content (AvgIpc) is 2.59. The maximum absolute atomic E-state index is 5.21. The molecule has 2 aromatic rings. The second kappa shape index (κ2) is 7.79. The molecule has 2 aromatic carbocycles. The van der Waals surface area contributed by atoms with Gasteiger partial charge in [-0.05, 0) is 29.4 Å². The molecular formula is C22H30O. The SMILES string of the molecule is COCCCCC(C)(C)C(C)(c1ccccc1)c1ccccc1. The van der Waals surface area contributed by atoms with Gasteiger partial charge in [0.25, 0.3) is 0 Å². The van der Waals surface area contributed by atoms with Gasteiger partial charge in [-0.15, -0.1) is 0 Å². The Labute approximate surface area is 141 Å². The lowest BCUT2D eigenvalue weighted by molar-refractivity contribution is 0.165. The molecule has 0 aliphatic heterocycles. The Morgan fingerprint density at radius 3 is 1.65 bits per heavy atom. The Balaban J connectivity index is 2.38. The highest BCUT2D eigenvalue weighted by atomic mass is 16.5. The molecule has 0 aliphatic carbocycles. The van der Waals surface area contributed by atoms with E-state index < -0.39 is 0 Å². The van der Waals surface area contributed by atoms with Crippen molar-refractivity contribution in [1.82, 2.24) is 0 Å². The Bertz CT molecular complexity index is 532. The Hall–Kier alpha value is -1.60. The standard InChI is InChI=1S/C22H30O/c1-21(2,17-11-12-18-23-4)22(3,19-13-7-5-8-14-19)20-15-9-6-10-16-20/h5-10,13-16H,11-12,17-18H2,1-4H3. The smallest absolute Gasteiger partial charge is 0.0462 e. The molecule has 0 heterocycles. The van der Waals surface area contributed by atoms with Crippen LogP contribution in [0.2, 0.25) is 0 Å². The second-order valence-electron chi connectivity index (χ2n) is 7.19. The molecule has 0 saturated heterocycles. The molecule has 0 fully saturated rings. The molecule has 0 aromatic heterocycles. The third-order valence-corrected chi connectivity index (χ3v) is 5.46. The molecule has 124 valence electrons. The lowest BCUT2D eigenvalue weighted by Gasteiger charge is -2.46. The van der Waals surface area contributed by atoms with E-state index in [1.807, 2.05) is 0 Å². The summed E-state index contributed by atoms with van der Waals surface area (Å²) in [7, 11) is 1.78. The van der Waals surface area contributed by atoms with Gasteiger partial charge in [-0.2, -0.15) is 0 Å². The van der Waals surface area contributed by atoms with Crippen LogP contribution in [0, 0.1) is 5.41 Å². The van der Waals surface area contributed by atoms with Gasteiger partial charge >= 0.3 is 0 Å². The summed E-state index contributed by atoms with van der Waals surface area (Å²) >= 11 is 0. The molecule has 2 rings (SSSR count). The molecule has 1 heteroatoms. The van der Waals surface area contributed by atoms with Crippen molar-refractivity contribution >= 4 is 0 Å². The maximum atomic E-state index is 5.21. The van der Waals surface area contributed by atoms with Crippen LogP contribution in [0.1, 0.15) is 51.2 Å². The molecule has 0 amide bonds. The number of unbranched alkanes of at least 4 members (excludes halogenated alkanes) is 1. The monoisotopic (exact) mass is 310 g/mol. The van der Waals surface area contributed by atoms with Crippen LogP contribution in [0.25, 0.3) is 0 Å². The molecule has 0 saturated carbocycles. The van der Waals surface area contributed by atoms with Gasteiger partial charge in [0.15, 0.2) is 0 Å². The highest BCUT2D eigenvalue weighted by Gasteiger charge is 2.43. The summed E-state index contributed by atoms with van der Waals surface area (Å²) in [6, 6.07) is 21.9. The quantitative estimate of drug-likeness (QED) is 0.557. The van der Waals surface area contributed by atoms with Gasteiger partial charge in [-0.1, -0.05) is 87.9 Å². The Morgan fingerprint density at radius 2 is 1.22 bits per heavy atom. The van der Waals surface area contributed by atoms with Crippen molar-refractivity contribution in [2.24, 2.45) is 5.41 Å². The van der Waals surface area contributed by atoms with Gasteiger partial charge in [0.1, 0.15) is 0 Å². The van der Waals surface area contributed by atoms with Gasteiger partial charge in [0.2, 0.25) is 0 Å². The number of ether oxygens (including phenoxy) is 1. The van der Waals surface area contributed by atoms with Crippen LogP contribution in [-0.2, 0) is 10.2 Å². The van der Waals surface area contributed by atoms with Gasteiger partial charge in [-0.25, -0.2) is 0 Å². The van der Waals surface area contributed by atoms with Crippen LogP contribution in [0.3, 0.4) is 0 Å². The van der Waals surface area contributed by atoms with E-state index in [1.165, 1.54) is 24.0 Å². The molecular weight excluding hydrogens is 280 g/mol. The van der Waals surface area contributed by atoms with E-state index in [4.69, 9.17) is 4.74 Å². The second-order valence-corrected chi connectivity index (χ2v) is 7.19. The number of hydrogen-bond acceptors (Lipinski definition) is 1. The van der Waals surface area contributed by atoms with E-state index in [2.05, 4.69) is 81.4 Å². The molecule has 0 atom stereocenters. The van der Waals surface area contributed by atoms with E-state index in [0.717, 1.165) is 13.0 Å². The summed E-state index contributed by atoms with van der Waals surface area (Å²) in [5, 5.41) is 0. The predicted octanol–water partition coefficient (Wildman–Crippen LogP) is 5.84. The predicted molar refractivity (Wildman–Crippen MR) is 98.8 cm³/mol. The van der Waals surface area contributed by atoms with E-state index in [-0.39, 0.29) is 10.8 Å². The van der Waals surface area contributed by atoms with Crippen molar-refractivity contribution < 1.29 is 4.74 Å². The minimum Gasteiger partial charge on any atom is -0.385 e. The van der Waals surface area contributed by atoms with Gasteiger partial charge in [0.05, 0.1) is 0 Å². The molecule has 0 unspecified atom stereocenters. The van der Waals surface area contributed by atoms with Crippen molar-refractivity contribution in [3.63, 3.8) is 0 Å². The van der Waals surface area contributed by atoms with Crippen molar-refractivity contribution in [1.29, 1.82) is 0 Å². The zero-order valence-corrected chi connectivity index (χ0v) is 15.0. The molecule has 0 aliphatic rings. The van der Waals surface area contributed by atoms with Crippen molar-refractivity contribution in [2.75, 3.05) is 13.7 Å². The summed E-state index contributed by atoms with van der Waals surface area (Å²) in [5.74, 6) is 0. The fourth-order valence-corrected chi connectivity index (χ4v) is 3.55. The fourth-order valence-electron chi connectivity index (χ4n) is 3.55. The Kier molecular flexibility index (Phi) is 6.01. The Morgan fingerprint density at radius 1 is 0.739 bits per heavy atom. The molecule has 0 spiro atoms. The minimum atomic E-state index is -0.0113. The molecule has 0 N–H and O–H groups in total. The topological polar surface area (TPSA) is 9.23 Å². The first kappa shape index (κ1) is 17.7. The third kappa shape index (κ3) is 3.84. The number of benzene rings is 2. The van der Waals surface area contributed by atoms with E-state index >= 15 is 0 Å². The maximum Gasteiger partial charge on any atom is 0.0462 e. The molecule has 0 radical (unpaired) electrons.